The number of carbonyl (C=O) groups excluding carboxylic acids is 1. The van der Waals surface area contributed by atoms with Gasteiger partial charge in [0, 0.05) is 0 Å². The maximum Gasteiger partial charge on any atom is 0.228 e. The van der Waals surface area contributed by atoms with E-state index in [1.54, 1.807) is 0 Å². The van der Waals surface area contributed by atoms with Crippen molar-refractivity contribution in [1.29, 1.82) is 0 Å². The second kappa shape index (κ2) is 5.40. The van der Waals surface area contributed by atoms with E-state index in [2.05, 4.69) is 10.3 Å². The highest BCUT2D eigenvalue weighted by Gasteiger charge is 2.06. The number of halogens is 1. The molecule has 0 atom stereocenters. The Balaban J connectivity index is 2.01. The predicted octanol–water partition coefficient (Wildman–Crippen LogP) is 2.71. The number of aryl methyl sites for hydroxylation is 1. The Kier molecular flexibility index (Phi) is 3.67. The molecule has 0 aliphatic heterocycles. The first kappa shape index (κ1) is 12.2. The first-order valence-electron chi connectivity index (χ1n) is 5.61. The zero-order valence-electron chi connectivity index (χ0n) is 9.98. The summed E-state index contributed by atoms with van der Waals surface area (Å²) in [5, 5.41) is 2.68. The number of aromatic nitrogens is 1. The number of amides is 1. The number of hydrogen-bond donors (Lipinski definition) is 1. The molecule has 2 aromatic rings. The van der Waals surface area contributed by atoms with Gasteiger partial charge in [0.2, 0.25) is 11.9 Å². The van der Waals surface area contributed by atoms with E-state index in [0.717, 1.165) is 11.1 Å². The first-order chi connectivity index (χ1) is 8.65. The lowest BCUT2D eigenvalue weighted by Gasteiger charge is -2.06. The molecule has 0 unspecified atom stereocenters. The van der Waals surface area contributed by atoms with Crippen molar-refractivity contribution in [2.45, 2.75) is 13.3 Å². The lowest BCUT2D eigenvalue weighted by Crippen LogP contribution is -2.15. The van der Waals surface area contributed by atoms with Gasteiger partial charge in [0.1, 0.15) is 0 Å². The van der Waals surface area contributed by atoms with E-state index < -0.39 is 5.95 Å². The summed E-state index contributed by atoms with van der Waals surface area (Å²) in [6.07, 6.45) is 1.59. The van der Waals surface area contributed by atoms with Crippen LogP contribution < -0.4 is 5.32 Å². The number of nitrogens with zero attached hydrogens (tertiary/aromatic N) is 1. The molecule has 0 spiro atoms. The van der Waals surface area contributed by atoms with Crippen molar-refractivity contribution in [3.63, 3.8) is 0 Å². The molecular formula is C14H13FN2O. The highest BCUT2D eigenvalue weighted by molar-refractivity contribution is 5.92. The minimum atomic E-state index is -0.563. The molecule has 4 heteroatoms. The monoisotopic (exact) mass is 244 g/mol. The van der Waals surface area contributed by atoms with Crippen LogP contribution >= 0.6 is 0 Å². The number of anilines is 1. The number of pyridine rings is 1. The smallest absolute Gasteiger partial charge is 0.228 e. The van der Waals surface area contributed by atoms with Gasteiger partial charge in [-0.15, -0.1) is 0 Å². The number of rotatable bonds is 3. The fourth-order valence-corrected chi connectivity index (χ4v) is 1.64. The van der Waals surface area contributed by atoms with Crippen molar-refractivity contribution < 1.29 is 9.18 Å². The second-order valence-corrected chi connectivity index (χ2v) is 4.02. The third-order valence-corrected chi connectivity index (χ3v) is 2.62. The number of hydrogen-bond acceptors (Lipinski definition) is 2. The van der Waals surface area contributed by atoms with E-state index >= 15 is 0 Å². The maximum atomic E-state index is 12.6. The molecule has 1 heterocycles. The molecular weight excluding hydrogens is 231 g/mol. The van der Waals surface area contributed by atoms with E-state index in [9.17, 15) is 9.18 Å². The van der Waals surface area contributed by atoms with Gasteiger partial charge in [0.05, 0.1) is 18.3 Å². The summed E-state index contributed by atoms with van der Waals surface area (Å²) >= 11 is 0. The Morgan fingerprint density at radius 1 is 1.28 bits per heavy atom. The zero-order valence-corrected chi connectivity index (χ0v) is 9.98. The van der Waals surface area contributed by atoms with Crippen LogP contribution in [0, 0.1) is 12.9 Å². The van der Waals surface area contributed by atoms with Crippen molar-refractivity contribution in [2.24, 2.45) is 0 Å². The highest BCUT2D eigenvalue weighted by Crippen LogP contribution is 2.10. The topological polar surface area (TPSA) is 42.0 Å². The Morgan fingerprint density at radius 3 is 2.72 bits per heavy atom. The van der Waals surface area contributed by atoms with Crippen LogP contribution in [0.5, 0.6) is 0 Å². The summed E-state index contributed by atoms with van der Waals surface area (Å²) < 4.78 is 12.6. The number of nitrogens with one attached hydrogen (secondary N) is 1. The van der Waals surface area contributed by atoms with Gasteiger partial charge < -0.3 is 5.32 Å². The Hall–Kier alpha value is -2.23. The number of benzene rings is 1. The summed E-state index contributed by atoms with van der Waals surface area (Å²) in [5.74, 6) is -0.704. The molecule has 0 bridgehead atoms. The van der Waals surface area contributed by atoms with Crippen LogP contribution in [-0.2, 0) is 11.2 Å². The van der Waals surface area contributed by atoms with Gasteiger partial charge in [-0.05, 0) is 30.2 Å². The summed E-state index contributed by atoms with van der Waals surface area (Å²) in [5.41, 5.74) is 2.55. The molecule has 18 heavy (non-hydrogen) atoms. The molecule has 1 aromatic carbocycles. The quantitative estimate of drug-likeness (QED) is 0.843. The van der Waals surface area contributed by atoms with Crippen LogP contribution in [0.1, 0.15) is 11.1 Å². The molecule has 1 aromatic heterocycles. The SMILES string of the molecule is Cc1ccccc1CC(=O)Nc1ccc(F)nc1. The third-order valence-electron chi connectivity index (χ3n) is 2.62. The van der Waals surface area contributed by atoms with Crippen molar-refractivity contribution in [1.82, 2.24) is 4.98 Å². The normalized spacial score (nSPS) is 10.1. The lowest BCUT2D eigenvalue weighted by molar-refractivity contribution is -0.115. The Labute approximate surface area is 105 Å². The first-order valence-corrected chi connectivity index (χ1v) is 5.61. The van der Waals surface area contributed by atoms with Crippen LogP contribution in [-0.4, -0.2) is 10.9 Å². The molecule has 0 aliphatic rings. The zero-order chi connectivity index (χ0) is 13.0. The molecule has 0 aliphatic carbocycles. The molecule has 2 rings (SSSR count). The summed E-state index contributed by atoms with van der Waals surface area (Å²) in [6.45, 7) is 1.96. The van der Waals surface area contributed by atoms with Gasteiger partial charge in [0.15, 0.2) is 0 Å². The average molecular weight is 244 g/mol. The van der Waals surface area contributed by atoms with E-state index in [1.165, 1.54) is 18.3 Å². The minimum Gasteiger partial charge on any atom is -0.324 e. The molecule has 1 amide bonds. The van der Waals surface area contributed by atoms with Crippen LogP contribution in [0.2, 0.25) is 0 Å². The fraction of sp³-hybridized carbons (Fsp3) is 0.143. The van der Waals surface area contributed by atoms with E-state index in [4.69, 9.17) is 0 Å². The van der Waals surface area contributed by atoms with Crippen LogP contribution in [0.15, 0.2) is 42.6 Å². The Morgan fingerprint density at radius 2 is 2.06 bits per heavy atom. The van der Waals surface area contributed by atoms with Gasteiger partial charge in [0.25, 0.3) is 0 Å². The minimum absolute atomic E-state index is 0.141. The molecule has 0 radical (unpaired) electrons. The van der Waals surface area contributed by atoms with Crippen molar-refractivity contribution in [3.05, 3.63) is 59.7 Å². The number of carbonyl (C=O) groups is 1. The van der Waals surface area contributed by atoms with Crippen LogP contribution in [0.3, 0.4) is 0 Å². The Bertz CT molecular complexity index is 552. The van der Waals surface area contributed by atoms with Crippen LogP contribution in [0.4, 0.5) is 10.1 Å². The third kappa shape index (κ3) is 3.13. The lowest BCUT2D eigenvalue weighted by atomic mass is 10.1. The summed E-state index contributed by atoms with van der Waals surface area (Å²) in [4.78, 5) is 15.3. The molecule has 92 valence electrons. The largest absolute Gasteiger partial charge is 0.324 e. The van der Waals surface area contributed by atoms with E-state index in [-0.39, 0.29) is 5.91 Å². The molecule has 0 fully saturated rings. The highest BCUT2D eigenvalue weighted by atomic mass is 19.1. The van der Waals surface area contributed by atoms with Gasteiger partial charge in [-0.25, -0.2) is 4.98 Å². The predicted molar refractivity (Wildman–Crippen MR) is 67.7 cm³/mol. The summed E-state index contributed by atoms with van der Waals surface area (Å²) in [7, 11) is 0. The van der Waals surface area contributed by atoms with E-state index in [1.807, 2.05) is 31.2 Å². The maximum absolute atomic E-state index is 12.6. The molecule has 3 nitrogen and oxygen atoms in total. The van der Waals surface area contributed by atoms with Crippen molar-refractivity contribution in [2.75, 3.05) is 5.32 Å². The van der Waals surface area contributed by atoms with Gasteiger partial charge >= 0.3 is 0 Å². The standard InChI is InChI=1S/C14H13FN2O/c1-10-4-2-3-5-11(10)8-14(18)17-12-6-7-13(15)16-9-12/h2-7,9H,8H2,1H3,(H,17,18). The molecule has 0 saturated heterocycles. The average Bonchev–Trinajstić information content (AvgIpc) is 2.35. The molecule has 1 N–H and O–H groups in total. The van der Waals surface area contributed by atoms with Crippen molar-refractivity contribution >= 4 is 11.6 Å². The van der Waals surface area contributed by atoms with Crippen LogP contribution in [0.25, 0.3) is 0 Å². The summed E-state index contributed by atoms with van der Waals surface area (Å²) in [6, 6.07) is 10.4. The van der Waals surface area contributed by atoms with E-state index in [0.29, 0.717) is 12.1 Å². The fourth-order valence-electron chi connectivity index (χ4n) is 1.64. The molecule has 0 saturated carbocycles. The van der Waals surface area contributed by atoms with Gasteiger partial charge in [-0.3, -0.25) is 4.79 Å². The van der Waals surface area contributed by atoms with Gasteiger partial charge in [-0.2, -0.15) is 4.39 Å². The second-order valence-electron chi connectivity index (χ2n) is 4.02. The van der Waals surface area contributed by atoms with Crippen molar-refractivity contribution in [3.8, 4) is 0 Å². The van der Waals surface area contributed by atoms with Gasteiger partial charge in [-0.1, -0.05) is 24.3 Å².